The second-order valence-electron chi connectivity index (χ2n) is 6.73. The third-order valence-electron chi connectivity index (χ3n) is 3.60. The first kappa shape index (κ1) is 18.6. The van der Waals surface area contributed by atoms with Crippen molar-refractivity contribution >= 4 is 27.9 Å². The maximum absolute atomic E-state index is 12.7. The largest absolute Gasteiger partial charge is 0.497 e. The average molecular weight is 399 g/mol. The third-order valence-corrected chi connectivity index (χ3v) is 4.29. The van der Waals surface area contributed by atoms with Gasteiger partial charge in [0.15, 0.2) is 0 Å². The molecule has 1 aromatic rings. The number of methoxy groups -OCH3 is 1. The Labute approximate surface area is 150 Å². The van der Waals surface area contributed by atoms with Crippen molar-refractivity contribution < 1.29 is 19.1 Å². The van der Waals surface area contributed by atoms with Gasteiger partial charge >= 0.3 is 6.09 Å². The molecule has 1 fully saturated rings. The maximum Gasteiger partial charge on any atom is 0.407 e. The van der Waals surface area contributed by atoms with Crippen LogP contribution in [0.3, 0.4) is 0 Å². The molecule has 7 heteroatoms. The predicted molar refractivity (Wildman–Crippen MR) is 94.4 cm³/mol. The number of nitrogens with one attached hydrogen (secondary N) is 1. The maximum atomic E-state index is 12.7. The van der Waals surface area contributed by atoms with E-state index in [1.54, 1.807) is 30.2 Å². The first-order chi connectivity index (χ1) is 11.2. The van der Waals surface area contributed by atoms with Crippen LogP contribution in [0.2, 0.25) is 0 Å². The summed E-state index contributed by atoms with van der Waals surface area (Å²) in [7, 11) is 1.56. The Morgan fingerprint density at radius 2 is 2.04 bits per heavy atom. The first-order valence-electron chi connectivity index (χ1n) is 7.82. The highest BCUT2D eigenvalue weighted by Crippen LogP contribution is 2.25. The van der Waals surface area contributed by atoms with Gasteiger partial charge in [-0.15, -0.1) is 0 Å². The molecule has 1 aliphatic rings. The molecule has 2 amide bonds. The summed E-state index contributed by atoms with van der Waals surface area (Å²) in [6, 6.07) is 5.19. The number of nitrogens with zero attached hydrogens (tertiary/aromatic N) is 1. The minimum atomic E-state index is -0.538. The smallest absolute Gasteiger partial charge is 0.407 e. The molecule has 1 unspecified atom stereocenters. The van der Waals surface area contributed by atoms with E-state index >= 15 is 0 Å². The molecule has 1 aliphatic heterocycles. The second-order valence-corrected chi connectivity index (χ2v) is 7.58. The Morgan fingerprint density at radius 1 is 1.33 bits per heavy atom. The zero-order valence-corrected chi connectivity index (χ0v) is 16.0. The van der Waals surface area contributed by atoms with Crippen molar-refractivity contribution in [3.8, 4) is 5.75 Å². The molecule has 6 nitrogen and oxygen atoms in total. The molecule has 0 spiro atoms. The van der Waals surface area contributed by atoms with Gasteiger partial charge in [0.05, 0.1) is 18.7 Å². The highest BCUT2D eigenvalue weighted by Gasteiger charge is 2.30. The van der Waals surface area contributed by atoms with E-state index in [1.807, 2.05) is 20.8 Å². The molecule has 1 saturated heterocycles. The fraction of sp³-hybridized carbons (Fsp3) is 0.529. The average Bonchev–Trinajstić information content (AvgIpc) is 2.93. The van der Waals surface area contributed by atoms with Crippen LogP contribution in [0.4, 0.5) is 4.79 Å². The molecule has 1 atom stereocenters. The molecule has 1 N–H and O–H groups in total. The van der Waals surface area contributed by atoms with Gasteiger partial charge in [0.2, 0.25) is 0 Å². The van der Waals surface area contributed by atoms with E-state index in [4.69, 9.17) is 9.47 Å². The summed E-state index contributed by atoms with van der Waals surface area (Å²) in [4.78, 5) is 26.3. The van der Waals surface area contributed by atoms with E-state index in [0.717, 1.165) is 4.47 Å². The molecule has 0 saturated carbocycles. The van der Waals surface area contributed by atoms with Crippen LogP contribution in [0.1, 0.15) is 37.6 Å². The number of hydrogen-bond donors (Lipinski definition) is 1. The molecule has 1 aromatic carbocycles. The standard InChI is InChI=1S/C17H23BrN2O4/c1-17(2,3)24-16(22)19-11-7-8-20(10-11)15(21)13-9-12(23-4)5-6-14(13)18/h5-6,9,11H,7-8,10H2,1-4H3,(H,19,22). The van der Waals surface area contributed by atoms with Crippen molar-refractivity contribution in [2.45, 2.75) is 38.8 Å². The monoisotopic (exact) mass is 398 g/mol. The Morgan fingerprint density at radius 3 is 2.67 bits per heavy atom. The van der Waals surface area contributed by atoms with Crippen molar-refractivity contribution in [3.63, 3.8) is 0 Å². The second kappa shape index (κ2) is 7.42. The molecule has 2 rings (SSSR count). The summed E-state index contributed by atoms with van der Waals surface area (Å²) in [5, 5.41) is 2.82. The van der Waals surface area contributed by atoms with E-state index in [0.29, 0.717) is 30.8 Å². The summed E-state index contributed by atoms with van der Waals surface area (Å²) < 4.78 is 11.1. The summed E-state index contributed by atoms with van der Waals surface area (Å²) >= 11 is 3.40. The van der Waals surface area contributed by atoms with Gasteiger partial charge < -0.3 is 19.7 Å². The number of ether oxygens (including phenoxy) is 2. The van der Waals surface area contributed by atoms with Crippen molar-refractivity contribution in [2.24, 2.45) is 0 Å². The predicted octanol–water partition coefficient (Wildman–Crippen LogP) is 3.20. The molecular weight excluding hydrogens is 376 g/mol. The molecule has 0 aromatic heterocycles. The number of likely N-dealkylation sites (tertiary alicyclic amines) is 1. The van der Waals surface area contributed by atoms with Crippen LogP contribution < -0.4 is 10.1 Å². The van der Waals surface area contributed by atoms with E-state index in [2.05, 4.69) is 21.2 Å². The Kier molecular flexibility index (Phi) is 5.74. The number of rotatable bonds is 3. The van der Waals surface area contributed by atoms with Gasteiger partial charge in [0.25, 0.3) is 5.91 Å². The van der Waals surface area contributed by atoms with Gasteiger partial charge in [-0.2, -0.15) is 0 Å². The number of carbonyl (C=O) groups excluding carboxylic acids is 2. The number of amides is 2. The van der Waals surface area contributed by atoms with Crippen molar-refractivity contribution in [2.75, 3.05) is 20.2 Å². The van der Waals surface area contributed by atoms with E-state index in [-0.39, 0.29) is 11.9 Å². The fourth-order valence-corrected chi connectivity index (χ4v) is 2.92. The number of hydrogen-bond acceptors (Lipinski definition) is 4. The van der Waals surface area contributed by atoms with Crippen molar-refractivity contribution in [1.29, 1.82) is 0 Å². The van der Waals surface area contributed by atoms with Crippen LogP contribution in [0.5, 0.6) is 5.75 Å². The van der Waals surface area contributed by atoms with Gasteiger partial charge in [-0.1, -0.05) is 0 Å². The molecular formula is C17H23BrN2O4. The van der Waals surface area contributed by atoms with Gasteiger partial charge in [-0.3, -0.25) is 4.79 Å². The Hall–Kier alpha value is -1.76. The highest BCUT2D eigenvalue weighted by molar-refractivity contribution is 9.10. The Balaban J connectivity index is 1.98. The van der Waals surface area contributed by atoms with Crippen LogP contribution in [0.15, 0.2) is 22.7 Å². The van der Waals surface area contributed by atoms with Gasteiger partial charge in [0, 0.05) is 17.6 Å². The summed E-state index contributed by atoms with van der Waals surface area (Å²) in [6.45, 7) is 6.50. The van der Waals surface area contributed by atoms with E-state index in [9.17, 15) is 9.59 Å². The van der Waals surface area contributed by atoms with Crippen molar-refractivity contribution in [3.05, 3.63) is 28.2 Å². The van der Waals surface area contributed by atoms with Gasteiger partial charge in [-0.05, 0) is 61.3 Å². The third kappa shape index (κ3) is 4.87. The van der Waals surface area contributed by atoms with E-state index < -0.39 is 11.7 Å². The molecule has 24 heavy (non-hydrogen) atoms. The Bertz CT molecular complexity index is 628. The topological polar surface area (TPSA) is 67.9 Å². The fourth-order valence-electron chi connectivity index (χ4n) is 2.50. The van der Waals surface area contributed by atoms with Crippen LogP contribution in [-0.4, -0.2) is 48.7 Å². The van der Waals surface area contributed by atoms with Crippen LogP contribution in [0.25, 0.3) is 0 Å². The molecule has 132 valence electrons. The van der Waals surface area contributed by atoms with Crippen LogP contribution >= 0.6 is 15.9 Å². The number of halogens is 1. The van der Waals surface area contributed by atoms with Crippen LogP contribution in [0, 0.1) is 0 Å². The van der Waals surface area contributed by atoms with Crippen LogP contribution in [-0.2, 0) is 4.74 Å². The number of carbonyl (C=O) groups is 2. The SMILES string of the molecule is COc1ccc(Br)c(C(=O)N2CCC(NC(=O)OC(C)(C)C)C2)c1. The normalized spacial score (nSPS) is 17.5. The minimum absolute atomic E-state index is 0.0886. The first-order valence-corrected chi connectivity index (χ1v) is 8.61. The minimum Gasteiger partial charge on any atom is -0.497 e. The van der Waals surface area contributed by atoms with Gasteiger partial charge in [0.1, 0.15) is 11.4 Å². The van der Waals surface area contributed by atoms with E-state index in [1.165, 1.54) is 0 Å². The lowest BCUT2D eigenvalue weighted by molar-refractivity contribution is 0.0502. The number of benzene rings is 1. The molecule has 0 aliphatic carbocycles. The quantitative estimate of drug-likeness (QED) is 0.848. The van der Waals surface area contributed by atoms with Gasteiger partial charge in [-0.25, -0.2) is 4.79 Å². The lowest BCUT2D eigenvalue weighted by Crippen LogP contribution is -2.41. The van der Waals surface area contributed by atoms with Crippen molar-refractivity contribution in [1.82, 2.24) is 10.2 Å². The summed E-state index contributed by atoms with van der Waals surface area (Å²) in [6.07, 6.45) is 0.247. The highest BCUT2D eigenvalue weighted by atomic mass is 79.9. The lowest BCUT2D eigenvalue weighted by Gasteiger charge is -2.22. The molecule has 0 bridgehead atoms. The molecule has 1 heterocycles. The zero-order chi connectivity index (χ0) is 17.9. The summed E-state index contributed by atoms with van der Waals surface area (Å²) in [5.74, 6) is 0.540. The lowest BCUT2D eigenvalue weighted by atomic mass is 10.2. The summed E-state index contributed by atoms with van der Waals surface area (Å²) in [5.41, 5.74) is 0.0104. The zero-order valence-electron chi connectivity index (χ0n) is 14.4. The number of alkyl carbamates (subject to hydrolysis) is 1. The molecule has 0 radical (unpaired) electrons.